The molecule has 0 aromatic carbocycles. The van der Waals surface area contributed by atoms with Crippen molar-refractivity contribution in [3.05, 3.63) is 23.3 Å². The van der Waals surface area contributed by atoms with Gasteiger partial charge in [-0.1, -0.05) is 27.7 Å². The summed E-state index contributed by atoms with van der Waals surface area (Å²) in [6.07, 6.45) is 2.03. The van der Waals surface area contributed by atoms with E-state index >= 15 is 0 Å². The van der Waals surface area contributed by atoms with Crippen molar-refractivity contribution in [1.29, 1.82) is 0 Å². The summed E-state index contributed by atoms with van der Waals surface area (Å²) in [4.78, 5) is 31.9. The van der Waals surface area contributed by atoms with Crippen LogP contribution in [-0.2, 0) is 4.79 Å². The van der Waals surface area contributed by atoms with Crippen molar-refractivity contribution in [2.45, 2.75) is 47.0 Å². The molecule has 22 heavy (non-hydrogen) atoms. The van der Waals surface area contributed by atoms with Gasteiger partial charge in [-0.2, -0.15) is 0 Å². The van der Waals surface area contributed by atoms with E-state index in [1.54, 1.807) is 6.92 Å². The normalized spacial score (nSPS) is 12.5. The second-order valence-electron chi connectivity index (χ2n) is 6.25. The average Bonchev–Trinajstić information content (AvgIpc) is 2.42. The van der Waals surface area contributed by atoms with Gasteiger partial charge in [0.25, 0.3) is 5.91 Å². The van der Waals surface area contributed by atoms with E-state index in [1.807, 2.05) is 27.7 Å². The number of carbonyl (C=O) groups is 2. The Kier molecular flexibility index (Phi) is 6.46. The van der Waals surface area contributed by atoms with Crippen LogP contribution in [0.1, 0.15) is 61.9 Å². The molecule has 0 saturated carbocycles. The number of nitrogens with zero attached hydrogens (tertiary/aromatic N) is 2. The van der Waals surface area contributed by atoms with Crippen LogP contribution in [0.5, 0.6) is 0 Å². The number of carbonyl (C=O) groups excluding carboxylic acids is 1. The summed E-state index contributed by atoms with van der Waals surface area (Å²) in [6.45, 7) is 9.72. The summed E-state index contributed by atoms with van der Waals surface area (Å²) < 4.78 is 0. The van der Waals surface area contributed by atoms with Crippen LogP contribution in [0.2, 0.25) is 0 Å². The third-order valence-corrected chi connectivity index (χ3v) is 3.34. The second-order valence-corrected chi connectivity index (χ2v) is 6.25. The minimum absolute atomic E-state index is 0.0911. The van der Waals surface area contributed by atoms with E-state index in [0.29, 0.717) is 23.5 Å². The fourth-order valence-corrected chi connectivity index (χ4v) is 2.25. The molecule has 1 aromatic rings. The van der Waals surface area contributed by atoms with E-state index in [9.17, 15) is 14.7 Å². The molecule has 1 rings (SSSR count). The van der Waals surface area contributed by atoms with Crippen LogP contribution in [0, 0.1) is 18.8 Å². The molecule has 0 aliphatic heterocycles. The summed E-state index contributed by atoms with van der Waals surface area (Å²) >= 11 is 0. The highest BCUT2D eigenvalue weighted by Crippen LogP contribution is 2.17. The smallest absolute Gasteiger partial charge is 0.308 e. The first-order valence-corrected chi connectivity index (χ1v) is 7.56. The Labute approximate surface area is 131 Å². The number of carboxylic acids is 1. The largest absolute Gasteiger partial charge is 0.481 e. The summed E-state index contributed by atoms with van der Waals surface area (Å²) in [5.41, 5.74) is 1.09. The fraction of sp³-hybridized carbons (Fsp3) is 0.625. The van der Waals surface area contributed by atoms with Crippen molar-refractivity contribution in [1.82, 2.24) is 15.3 Å². The lowest BCUT2D eigenvalue weighted by molar-refractivity contribution is -0.142. The molecule has 6 nitrogen and oxygen atoms in total. The topological polar surface area (TPSA) is 92.2 Å². The van der Waals surface area contributed by atoms with Gasteiger partial charge in [-0.3, -0.25) is 9.59 Å². The summed E-state index contributed by atoms with van der Waals surface area (Å²) in [7, 11) is 0. The molecule has 1 amide bonds. The lowest BCUT2D eigenvalue weighted by atomic mass is 9.97. The maximum absolute atomic E-state index is 12.3. The maximum atomic E-state index is 12.3. The Morgan fingerprint density at radius 3 is 2.41 bits per heavy atom. The van der Waals surface area contributed by atoms with Crippen LogP contribution >= 0.6 is 0 Å². The molecule has 1 unspecified atom stereocenters. The monoisotopic (exact) mass is 307 g/mol. The first kappa shape index (κ1) is 18.1. The molecule has 1 aromatic heterocycles. The van der Waals surface area contributed by atoms with E-state index in [0.717, 1.165) is 0 Å². The van der Waals surface area contributed by atoms with Gasteiger partial charge in [-0.15, -0.1) is 0 Å². The second kappa shape index (κ2) is 7.87. The molecule has 2 N–H and O–H groups in total. The van der Waals surface area contributed by atoms with E-state index in [-0.39, 0.29) is 24.3 Å². The van der Waals surface area contributed by atoms with Gasteiger partial charge in [-0.05, 0) is 25.2 Å². The zero-order chi connectivity index (χ0) is 16.9. The van der Waals surface area contributed by atoms with Gasteiger partial charge in [0.15, 0.2) is 0 Å². The van der Waals surface area contributed by atoms with Gasteiger partial charge in [0.05, 0.1) is 17.2 Å². The number of aliphatic carboxylic acids is 1. The van der Waals surface area contributed by atoms with Gasteiger partial charge in [0.2, 0.25) is 0 Å². The Balaban J connectivity index is 2.83. The van der Waals surface area contributed by atoms with Gasteiger partial charge >= 0.3 is 5.97 Å². The lowest BCUT2D eigenvalue weighted by Crippen LogP contribution is -2.34. The van der Waals surface area contributed by atoms with Crippen molar-refractivity contribution >= 4 is 11.9 Å². The number of aromatic nitrogens is 2. The highest BCUT2D eigenvalue weighted by molar-refractivity contribution is 5.95. The summed E-state index contributed by atoms with van der Waals surface area (Å²) in [6, 6.07) is 0. The maximum Gasteiger partial charge on any atom is 0.308 e. The van der Waals surface area contributed by atoms with Crippen LogP contribution in [-0.4, -0.2) is 33.5 Å². The third-order valence-electron chi connectivity index (χ3n) is 3.34. The Hall–Kier alpha value is -1.98. The number of carboxylic acid groups (broad SMARTS) is 1. The van der Waals surface area contributed by atoms with Crippen LogP contribution in [0.25, 0.3) is 0 Å². The number of hydrogen-bond acceptors (Lipinski definition) is 4. The quantitative estimate of drug-likeness (QED) is 0.807. The minimum atomic E-state index is -0.891. The molecular weight excluding hydrogens is 282 g/mol. The van der Waals surface area contributed by atoms with Crippen LogP contribution < -0.4 is 5.32 Å². The van der Waals surface area contributed by atoms with Crippen LogP contribution in [0.15, 0.2) is 6.20 Å². The number of amides is 1. The van der Waals surface area contributed by atoms with Crippen LogP contribution in [0.3, 0.4) is 0 Å². The number of aryl methyl sites for hydroxylation is 1. The van der Waals surface area contributed by atoms with E-state index in [1.165, 1.54) is 6.20 Å². The van der Waals surface area contributed by atoms with Gasteiger partial charge in [0.1, 0.15) is 5.82 Å². The number of rotatable bonds is 7. The molecule has 0 radical (unpaired) electrons. The van der Waals surface area contributed by atoms with Crippen molar-refractivity contribution in [3.8, 4) is 0 Å². The van der Waals surface area contributed by atoms with Gasteiger partial charge in [-0.25, -0.2) is 9.97 Å². The minimum Gasteiger partial charge on any atom is -0.481 e. The molecule has 6 heteroatoms. The fourth-order valence-electron chi connectivity index (χ4n) is 2.25. The van der Waals surface area contributed by atoms with Crippen LogP contribution in [0.4, 0.5) is 0 Å². The standard InChI is InChI=1S/C16H25N3O3/c1-9(2)6-12(16(21)22)7-18-15(20)13-8-17-11(5)19-14(13)10(3)4/h8-10,12H,6-7H2,1-5H3,(H,18,20)(H,21,22). The Bertz CT molecular complexity index is 541. The predicted molar refractivity (Wildman–Crippen MR) is 83.8 cm³/mol. The first-order valence-electron chi connectivity index (χ1n) is 7.56. The summed E-state index contributed by atoms with van der Waals surface area (Å²) in [5.74, 6) is -0.835. The molecule has 1 heterocycles. The van der Waals surface area contributed by atoms with Gasteiger partial charge in [0, 0.05) is 12.7 Å². The highest BCUT2D eigenvalue weighted by Gasteiger charge is 2.22. The van der Waals surface area contributed by atoms with E-state index in [2.05, 4.69) is 15.3 Å². The molecular formula is C16H25N3O3. The molecule has 0 saturated heterocycles. The third kappa shape index (κ3) is 5.09. The van der Waals surface area contributed by atoms with Gasteiger partial charge < -0.3 is 10.4 Å². The average molecular weight is 307 g/mol. The Morgan fingerprint density at radius 2 is 1.91 bits per heavy atom. The summed E-state index contributed by atoms with van der Waals surface area (Å²) in [5, 5.41) is 11.9. The molecule has 0 aliphatic rings. The SMILES string of the molecule is Cc1ncc(C(=O)NCC(CC(C)C)C(=O)O)c(C(C)C)n1. The van der Waals surface area contributed by atoms with Crippen molar-refractivity contribution in [2.24, 2.45) is 11.8 Å². The first-order chi connectivity index (χ1) is 10.2. The molecule has 0 aliphatic carbocycles. The molecule has 0 spiro atoms. The molecule has 0 fully saturated rings. The zero-order valence-electron chi connectivity index (χ0n) is 13.9. The Morgan fingerprint density at radius 1 is 1.27 bits per heavy atom. The highest BCUT2D eigenvalue weighted by atomic mass is 16.4. The number of hydrogen-bond donors (Lipinski definition) is 2. The van der Waals surface area contributed by atoms with Crippen molar-refractivity contribution < 1.29 is 14.7 Å². The van der Waals surface area contributed by atoms with E-state index in [4.69, 9.17) is 0 Å². The lowest BCUT2D eigenvalue weighted by Gasteiger charge is -2.16. The number of nitrogens with one attached hydrogen (secondary N) is 1. The predicted octanol–water partition coefficient (Wildman–Crippen LogP) is 2.39. The zero-order valence-corrected chi connectivity index (χ0v) is 13.9. The van der Waals surface area contributed by atoms with Crippen molar-refractivity contribution in [2.75, 3.05) is 6.54 Å². The molecule has 1 atom stereocenters. The van der Waals surface area contributed by atoms with E-state index < -0.39 is 11.9 Å². The molecule has 122 valence electrons. The molecule has 0 bridgehead atoms. The van der Waals surface area contributed by atoms with Crippen molar-refractivity contribution in [3.63, 3.8) is 0 Å².